The summed E-state index contributed by atoms with van der Waals surface area (Å²) in [6.07, 6.45) is 1.91. The van der Waals surface area contributed by atoms with E-state index in [9.17, 15) is 0 Å². The van der Waals surface area contributed by atoms with Crippen LogP contribution in [0.25, 0.3) is 10.9 Å². The van der Waals surface area contributed by atoms with E-state index in [1.54, 1.807) is 6.20 Å². The minimum atomic E-state index is 0.116. The molecule has 0 aliphatic heterocycles. The number of nitrogens with zero attached hydrogens (tertiary/aromatic N) is 1. The maximum atomic E-state index is 5.98. The van der Waals surface area contributed by atoms with Crippen molar-refractivity contribution in [2.45, 2.75) is 26.0 Å². The number of pyridine rings is 1. The average molecular weight is 230 g/mol. The Labute approximate surface area is 102 Å². The van der Waals surface area contributed by atoms with Gasteiger partial charge in [-0.05, 0) is 45.2 Å². The summed E-state index contributed by atoms with van der Waals surface area (Å²) in [5.74, 6) is 0.894. The van der Waals surface area contributed by atoms with Gasteiger partial charge in [-0.2, -0.15) is 0 Å². The predicted molar refractivity (Wildman–Crippen MR) is 70.4 cm³/mol. The monoisotopic (exact) mass is 230 g/mol. The third-order valence-electron chi connectivity index (χ3n) is 3.08. The van der Waals surface area contributed by atoms with E-state index in [4.69, 9.17) is 4.74 Å². The molecular formula is C14H18N2O. The molecule has 0 radical (unpaired) electrons. The molecule has 1 aromatic heterocycles. The van der Waals surface area contributed by atoms with Gasteiger partial charge in [0.2, 0.25) is 0 Å². The molecule has 1 N–H and O–H groups in total. The molecule has 0 saturated carbocycles. The van der Waals surface area contributed by atoms with Gasteiger partial charge in [0, 0.05) is 17.6 Å². The zero-order valence-corrected chi connectivity index (χ0v) is 10.5. The maximum absolute atomic E-state index is 5.98. The second-order valence-corrected chi connectivity index (χ2v) is 4.23. The molecule has 0 bridgehead atoms. The van der Waals surface area contributed by atoms with Crippen LogP contribution in [0.5, 0.6) is 5.75 Å². The van der Waals surface area contributed by atoms with Gasteiger partial charge in [0.1, 0.15) is 11.9 Å². The topological polar surface area (TPSA) is 34.1 Å². The molecule has 90 valence electrons. The largest absolute Gasteiger partial charge is 0.488 e. The molecule has 1 aromatic carbocycles. The average Bonchev–Trinajstić information content (AvgIpc) is 2.38. The third-order valence-corrected chi connectivity index (χ3v) is 3.08. The van der Waals surface area contributed by atoms with E-state index in [1.165, 1.54) is 0 Å². The van der Waals surface area contributed by atoms with Crippen molar-refractivity contribution in [2.75, 3.05) is 7.05 Å². The van der Waals surface area contributed by atoms with Crippen molar-refractivity contribution in [3.8, 4) is 5.75 Å². The van der Waals surface area contributed by atoms with E-state index in [0.29, 0.717) is 6.04 Å². The second kappa shape index (κ2) is 5.15. The number of fused-ring (bicyclic) bond motifs is 1. The summed E-state index contributed by atoms with van der Waals surface area (Å²) >= 11 is 0. The minimum absolute atomic E-state index is 0.116. The third kappa shape index (κ3) is 2.56. The molecule has 0 amide bonds. The molecule has 0 fully saturated rings. The van der Waals surface area contributed by atoms with Gasteiger partial charge in [-0.1, -0.05) is 6.07 Å². The molecule has 0 saturated heterocycles. The zero-order chi connectivity index (χ0) is 12.3. The predicted octanol–water partition coefficient (Wildman–Crippen LogP) is 2.61. The minimum Gasteiger partial charge on any atom is -0.488 e. The van der Waals surface area contributed by atoms with E-state index < -0.39 is 0 Å². The molecule has 1 heterocycles. The van der Waals surface area contributed by atoms with Crippen molar-refractivity contribution in [3.63, 3.8) is 0 Å². The first-order valence-electron chi connectivity index (χ1n) is 5.90. The fraction of sp³-hybridized carbons (Fsp3) is 0.357. The van der Waals surface area contributed by atoms with Crippen molar-refractivity contribution in [3.05, 3.63) is 36.5 Å². The Morgan fingerprint density at radius 3 is 2.76 bits per heavy atom. The van der Waals surface area contributed by atoms with Crippen LogP contribution in [-0.2, 0) is 0 Å². The molecule has 2 rings (SSSR count). The lowest BCUT2D eigenvalue weighted by Crippen LogP contribution is -2.36. The van der Waals surface area contributed by atoms with Gasteiger partial charge in [0.25, 0.3) is 0 Å². The van der Waals surface area contributed by atoms with Crippen LogP contribution >= 0.6 is 0 Å². The molecule has 2 atom stereocenters. The highest BCUT2D eigenvalue weighted by Crippen LogP contribution is 2.24. The quantitative estimate of drug-likeness (QED) is 0.876. The molecule has 0 aliphatic rings. The number of ether oxygens (including phenoxy) is 1. The van der Waals surface area contributed by atoms with Gasteiger partial charge in [-0.25, -0.2) is 0 Å². The van der Waals surface area contributed by atoms with E-state index in [1.807, 2.05) is 37.4 Å². The van der Waals surface area contributed by atoms with Gasteiger partial charge < -0.3 is 10.1 Å². The Bertz CT molecular complexity index is 493. The number of nitrogens with one attached hydrogen (secondary N) is 1. The maximum Gasteiger partial charge on any atom is 0.129 e. The fourth-order valence-electron chi connectivity index (χ4n) is 1.71. The van der Waals surface area contributed by atoms with Crippen LogP contribution < -0.4 is 10.1 Å². The Hall–Kier alpha value is -1.61. The first-order chi connectivity index (χ1) is 8.22. The van der Waals surface area contributed by atoms with Crippen molar-refractivity contribution < 1.29 is 4.74 Å². The first-order valence-corrected chi connectivity index (χ1v) is 5.90. The van der Waals surface area contributed by atoms with Crippen LogP contribution in [0.4, 0.5) is 0 Å². The number of benzene rings is 1. The molecule has 3 nitrogen and oxygen atoms in total. The first kappa shape index (κ1) is 11.9. The summed E-state index contributed by atoms with van der Waals surface area (Å²) in [7, 11) is 1.94. The Morgan fingerprint density at radius 1 is 1.18 bits per heavy atom. The highest BCUT2D eigenvalue weighted by atomic mass is 16.5. The zero-order valence-electron chi connectivity index (χ0n) is 10.5. The summed E-state index contributed by atoms with van der Waals surface area (Å²) in [5, 5.41) is 4.25. The van der Waals surface area contributed by atoms with Crippen molar-refractivity contribution in [1.29, 1.82) is 0 Å². The lowest BCUT2D eigenvalue weighted by atomic mass is 10.2. The van der Waals surface area contributed by atoms with Gasteiger partial charge in [0.05, 0.1) is 5.52 Å². The lowest BCUT2D eigenvalue weighted by Gasteiger charge is -2.21. The summed E-state index contributed by atoms with van der Waals surface area (Å²) in [4.78, 5) is 4.32. The fourth-order valence-corrected chi connectivity index (χ4v) is 1.71. The van der Waals surface area contributed by atoms with Crippen LogP contribution in [-0.4, -0.2) is 24.2 Å². The van der Waals surface area contributed by atoms with Crippen molar-refractivity contribution >= 4 is 10.9 Å². The number of hydrogen-bond acceptors (Lipinski definition) is 3. The standard InChI is InChI=1S/C14H18N2O/c1-10(15-3)11(2)17-14-8-4-7-13-12(14)6-5-9-16-13/h4-11,15H,1-3H3. The van der Waals surface area contributed by atoms with E-state index in [2.05, 4.69) is 24.1 Å². The number of hydrogen-bond donors (Lipinski definition) is 1. The molecule has 17 heavy (non-hydrogen) atoms. The summed E-state index contributed by atoms with van der Waals surface area (Å²) in [6.45, 7) is 4.17. The highest BCUT2D eigenvalue weighted by molar-refractivity contribution is 5.84. The number of likely N-dealkylation sites (N-methyl/N-ethyl adjacent to an activating group) is 1. The molecule has 0 spiro atoms. The van der Waals surface area contributed by atoms with Crippen LogP contribution in [0.1, 0.15) is 13.8 Å². The van der Waals surface area contributed by atoms with Gasteiger partial charge in [-0.3, -0.25) is 4.98 Å². The van der Waals surface area contributed by atoms with Gasteiger partial charge in [-0.15, -0.1) is 0 Å². The van der Waals surface area contributed by atoms with Crippen LogP contribution in [0.15, 0.2) is 36.5 Å². The lowest BCUT2D eigenvalue weighted by molar-refractivity contribution is 0.185. The van der Waals surface area contributed by atoms with Crippen LogP contribution in [0.3, 0.4) is 0 Å². The molecule has 0 aliphatic carbocycles. The molecule has 2 aromatic rings. The van der Waals surface area contributed by atoms with Crippen molar-refractivity contribution in [2.24, 2.45) is 0 Å². The van der Waals surface area contributed by atoms with Crippen molar-refractivity contribution in [1.82, 2.24) is 10.3 Å². The number of aromatic nitrogens is 1. The van der Waals surface area contributed by atoms with Crippen LogP contribution in [0, 0.1) is 0 Å². The Kier molecular flexibility index (Phi) is 3.59. The number of rotatable bonds is 4. The van der Waals surface area contributed by atoms with Crippen LogP contribution in [0.2, 0.25) is 0 Å². The molecule has 2 unspecified atom stereocenters. The van der Waals surface area contributed by atoms with Gasteiger partial charge >= 0.3 is 0 Å². The molecular weight excluding hydrogens is 212 g/mol. The Morgan fingerprint density at radius 2 is 2.00 bits per heavy atom. The second-order valence-electron chi connectivity index (χ2n) is 4.23. The summed E-state index contributed by atoms with van der Waals surface area (Å²) < 4.78 is 5.98. The highest BCUT2D eigenvalue weighted by Gasteiger charge is 2.12. The van der Waals surface area contributed by atoms with Gasteiger partial charge in [0.15, 0.2) is 0 Å². The van der Waals surface area contributed by atoms with E-state index in [-0.39, 0.29) is 6.10 Å². The summed E-state index contributed by atoms with van der Waals surface area (Å²) in [6, 6.07) is 10.2. The Balaban J connectivity index is 2.30. The smallest absolute Gasteiger partial charge is 0.129 e. The van der Waals surface area contributed by atoms with E-state index in [0.717, 1.165) is 16.7 Å². The normalized spacial score (nSPS) is 14.5. The SMILES string of the molecule is CNC(C)C(C)Oc1cccc2ncccc12. The van der Waals surface area contributed by atoms with E-state index >= 15 is 0 Å². The summed E-state index contributed by atoms with van der Waals surface area (Å²) in [5.41, 5.74) is 0.967. The molecule has 3 heteroatoms.